The van der Waals surface area contributed by atoms with Gasteiger partial charge in [0.2, 0.25) is 5.13 Å². The Morgan fingerprint density at radius 2 is 2.03 bits per heavy atom. The number of nitrogens with one attached hydrogen (secondary N) is 1. The van der Waals surface area contributed by atoms with Crippen LogP contribution in [0.3, 0.4) is 0 Å². The molecule has 0 saturated carbocycles. The first-order valence-electron chi connectivity index (χ1n) is 10.6. The van der Waals surface area contributed by atoms with Crippen LogP contribution < -0.4 is 14.8 Å². The van der Waals surface area contributed by atoms with E-state index in [2.05, 4.69) is 25.5 Å². The van der Waals surface area contributed by atoms with Crippen LogP contribution in [0.2, 0.25) is 0 Å². The Balaban J connectivity index is 1.50. The van der Waals surface area contributed by atoms with Crippen molar-refractivity contribution in [3.8, 4) is 22.1 Å². The van der Waals surface area contributed by atoms with Gasteiger partial charge in [0.25, 0.3) is 11.1 Å². The molecule has 0 aliphatic carbocycles. The molecule has 0 bridgehead atoms. The third kappa shape index (κ3) is 5.58. The van der Waals surface area contributed by atoms with Crippen molar-refractivity contribution in [3.63, 3.8) is 0 Å². The lowest BCUT2D eigenvalue weighted by atomic mass is 9.98. The number of aliphatic hydroxyl groups excluding tert-OH is 1. The minimum atomic E-state index is -0.601. The van der Waals surface area contributed by atoms with Gasteiger partial charge < -0.3 is 14.6 Å². The molecule has 0 spiro atoms. The Morgan fingerprint density at radius 1 is 1.20 bits per heavy atom. The van der Waals surface area contributed by atoms with E-state index in [1.54, 1.807) is 44.3 Å². The summed E-state index contributed by atoms with van der Waals surface area (Å²) in [6.45, 7) is 3.55. The summed E-state index contributed by atoms with van der Waals surface area (Å²) in [6.07, 6.45) is 2.36. The smallest absolute Gasteiger partial charge is 0.296 e. The number of benzene rings is 1. The molecule has 1 unspecified atom stereocenters. The number of methoxy groups -OCH3 is 1. The molecule has 4 aromatic rings. The quantitative estimate of drug-likeness (QED) is 0.371. The van der Waals surface area contributed by atoms with E-state index in [4.69, 9.17) is 9.47 Å². The molecule has 3 aromatic heterocycles. The van der Waals surface area contributed by atoms with E-state index in [-0.39, 0.29) is 28.1 Å². The molecular formula is C24H22FN5O4S. The summed E-state index contributed by atoms with van der Waals surface area (Å²) in [5.41, 5.74) is 2.62. The molecule has 2 N–H and O–H groups in total. The lowest BCUT2D eigenvalue weighted by molar-refractivity contribution is 0.102. The van der Waals surface area contributed by atoms with Crippen LogP contribution in [0.1, 0.15) is 40.3 Å². The third-order valence-electron chi connectivity index (χ3n) is 5.05. The zero-order valence-corrected chi connectivity index (χ0v) is 20.0. The number of carbonyl (C=O) groups excluding carboxylic acids is 1. The van der Waals surface area contributed by atoms with Crippen LogP contribution in [0.5, 0.6) is 10.9 Å². The molecule has 0 radical (unpaired) electrons. The second-order valence-corrected chi connectivity index (χ2v) is 8.50. The summed E-state index contributed by atoms with van der Waals surface area (Å²) in [7, 11) is 1.44. The molecule has 0 fully saturated rings. The standard InChI is InChI=1S/C24H22FN5O4S/c1-13-9-17(21-19(25)5-4-6-20(21)33-3)18(11-26-13)22(32)28-23-29-30-24(35-23)34-12-16-8-7-15(10-27-16)14(2)31/h4-11,14,31H,12H2,1-3H3,(H,28,29,32). The van der Waals surface area contributed by atoms with Crippen LogP contribution in [-0.4, -0.2) is 38.3 Å². The van der Waals surface area contributed by atoms with Crippen LogP contribution in [0.15, 0.2) is 48.8 Å². The Morgan fingerprint density at radius 3 is 2.74 bits per heavy atom. The predicted octanol–water partition coefficient (Wildman–Crippen LogP) is 4.34. The number of hydrogen-bond donors (Lipinski definition) is 2. The molecule has 1 aromatic carbocycles. The first-order valence-corrected chi connectivity index (χ1v) is 11.4. The summed E-state index contributed by atoms with van der Waals surface area (Å²) in [6, 6.07) is 9.59. The van der Waals surface area contributed by atoms with Crippen LogP contribution in [-0.2, 0) is 6.61 Å². The monoisotopic (exact) mass is 495 g/mol. The number of aromatic nitrogens is 4. The molecule has 0 aliphatic rings. The van der Waals surface area contributed by atoms with Gasteiger partial charge >= 0.3 is 0 Å². The van der Waals surface area contributed by atoms with Crippen LogP contribution >= 0.6 is 11.3 Å². The van der Waals surface area contributed by atoms with Gasteiger partial charge in [0.15, 0.2) is 0 Å². The fourth-order valence-electron chi connectivity index (χ4n) is 3.27. The Bertz CT molecular complexity index is 1340. The number of anilines is 1. The van der Waals surface area contributed by atoms with E-state index >= 15 is 0 Å². The molecule has 1 atom stereocenters. The summed E-state index contributed by atoms with van der Waals surface area (Å²) < 4.78 is 25.6. The van der Waals surface area contributed by atoms with Gasteiger partial charge in [-0.15, -0.1) is 5.10 Å². The SMILES string of the molecule is COc1cccc(F)c1-c1cc(C)ncc1C(=O)Nc1nnc(OCc2ccc(C(C)O)cn2)s1. The number of pyridine rings is 2. The first-order chi connectivity index (χ1) is 16.9. The fourth-order valence-corrected chi connectivity index (χ4v) is 3.86. The van der Waals surface area contributed by atoms with Gasteiger partial charge in [-0.1, -0.05) is 17.2 Å². The highest BCUT2D eigenvalue weighted by Crippen LogP contribution is 2.35. The third-order valence-corrected chi connectivity index (χ3v) is 5.80. The van der Waals surface area contributed by atoms with Gasteiger partial charge in [-0.3, -0.25) is 20.1 Å². The first kappa shape index (κ1) is 24.2. The summed E-state index contributed by atoms with van der Waals surface area (Å²) >= 11 is 1.04. The maximum absolute atomic E-state index is 14.7. The molecule has 0 saturated heterocycles. The normalized spacial score (nSPS) is 11.7. The van der Waals surface area contributed by atoms with E-state index in [9.17, 15) is 14.3 Å². The number of hydrogen-bond acceptors (Lipinski definition) is 9. The maximum atomic E-state index is 14.7. The van der Waals surface area contributed by atoms with Crippen molar-refractivity contribution in [1.29, 1.82) is 0 Å². The van der Waals surface area contributed by atoms with Crippen molar-refractivity contribution in [2.45, 2.75) is 26.6 Å². The van der Waals surface area contributed by atoms with Gasteiger partial charge in [0.1, 0.15) is 18.2 Å². The average Bonchev–Trinajstić information content (AvgIpc) is 3.29. The van der Waals surface area contributed by atoms with Gasteiger partial charge in [0, 0.05) is 23.7 Å². The van der Waals surface area contributed by atoms with Gasteiger partial charge in [-0.25, -0.2) is 4.39 Å². The molecule has 4 rings (SSSR count). The molecule has 0 aliphatic heterocycles. The van der Waals surface area contributed by atoms with Crippen LogP contribution in [0, 0.1) is 12.7 Å². The lowest BCUT2D eigenvalue weighted by Crippen LogP contribution is -2.14. The van der Waals surface area contributed by atoms with Crippen molar-refractivity contribution in [3.05, 3.63) is 77.1 Å². The Labute approximate surface area is 204 Å². The number of amides is 1. The largest absolute Gasteiger partial charge is 0.496 e. The number of aryl methyl sites for hydroxylation is 1. The minimum Gasteiger partial charge on any atom is -0.496 e. The maximum Gasteiger partial charge on any atom is 0.296 e. The fraction of sp³-hybridized carbons (Fsp3) is 0.208. The highest BCUT2D eigenvalue weighted by atomic mass is 32.1. The van der Waals surface area contributed by atoms with Crippen LogP contribution in [0.25, 0.3) is 11.1 Å². The van der Waals surface area contributed by atoms with E-state index in [0.29, 0.717) is 28.3 Å². The van der Waals surface area contributed by atoms with Crippen LogP contribution in [0.4, 0.5) is 9.52 Å². The molecule has 180 valence electrons. The molecule has 1 amide bonds. The van der Waals surface area contributed by atoms with Gasteiger partial charge in [0.05, 0.1) is 30.0 Å². The van der Waals surface area contributed by atoms with E-state index in [1.807, 2.05) is 0 Å². The predicted molar refractivity (Wildman–Crippen MR) is 128 cm³/mol. The molecule has 35 heavy (non-hydrogen) atoms. The second-order valence-electron chi connectivity index (χ2n) is 7.56. The highest BCUT2D eigenvalue weighted by molar-refractivity contribution is 7.17. The van der Waals surface area contributed by atoms with E-state index in [1.165, 1.54) is 25.4 Å². The number of aliphatic hydroxyl groups is 1. The molecule has 3 heterocycles. The van der Waals surface area contributed by atoms with E-state index in [0.717, 1.165) is 11.3 Å². The van der Waals surface area contributed by atoms with Crippen molar-refractivity contribution >= 4 is 22.4 Å². The zero-order chi connectivity index (χ0) is 24.9. The number of nitrogens with zero attached hydrogens (tertiary/aromatic N) is 4. The number of halogens is 1. The Kier molecular flexibility index (Phi) is 7.28. The number of rotatable bonds is 8. The van der Waals surface area contributed by atoms with Gasteiger partial charge in [-0.05, 0) is 55.0 Å². The summed E-state index contributed by atoms with van der Waals surface area (Å²) in [5, 5.41) is 20.5. The zero-order valence-electron chi connectivity index (χ0n) is 19.2. The summed E-state index contributed by atoms with van der Waals surface area (Å²) in [4.78, 5) is 21.5. The highest BCUT2D eigenvalue weighted by Gasteiger charge is 2.21. The molecule has 11 heteroatoms. The minimum absolute atomic E-state index is 0.141. The number of ether oxygens (including phenoxy) is 2. The lowest BCUT2D eigenvalue weighted by Gasteiger charge is -2.14. The summed E-state index contributed by atoms with van der Waals surface area (Å²) in [5.74, 6) is -0.757. The number of carbonyl (C=O) groups is 1. The van der Waals surface area contributed by atoms with Crippen molar-refractivity contribution in [1.82, 2.24) is 20.2 Å². The van der Waals surface area contributed by atoms with Crippen molar-refractivity contribution in [2.75, 3.05) is 12.4 Å². The van der Waals surface area contributed by atoms with Crippen molar-refractivity contribution < 1.29 is 23.8 Å². The van der Waals surface area contributed by atoms with E-state index < -0.39 is 17.8 Å². The van der Waals surface area contributed by atoms with Crippen molar-refractivity contribution in [2.24, 2.45) is 0 Å². The average molecular weight is 496 g/mol. The topological polar surface area (TPSA) is 119 Å². The molecule has 9 nitrogen and oxygen atoms in total. The Hall–Kier alpha value is -3.96. The second kappa shape index (κ2) is 10.5. The van der Waals surface area contributed by atoms with Gasteiger partial charge in [-0.2, -0.15) is 0 Å². The molecular weight excluding hydrogens is 473 g/mol.